The van der Waals surface area contributed by atoms with Gasteiger partial charge in [-0.05, 0) is 23.8 Å². The van der Waals surface area contributed by atoms with E-state index >= 15 is 0 Å². The summed E-state index contributed by atoms with van der Waals surface area (Å²) in [6.45, 7) is 2.67. The zero-order chi connectivity index (χ0) is 15.1. The van der Waals surface area contributed by atoms with Crippen LogP contribution in [0.3, 0.4) is 0 Å². The van der Waals surface area contributed by atoms with Crippen molar-refractivity contribution < 1.29 is 9.47 Å². The molecule has 1 heterocycles. The summed E-state index contributed by atoms with van der Waals surface area (Å²) in [5.41, 5.74) is 1.99. The van der Waals surface area contributed by atoms with Gasteiger partial charge in [0.25, 0.3) is 0 Å². The lowest BCUT2D eigenvalue weighted by Gasteiger charge is -2.09. The highest BCUT2D eigenvalue weighted by atomic mass is 35.5. The van der Waals surface area contributed by atoms with Gasteiger partial charge in [-0.1, -0.05) is 17.7 Å². The first-order valence-corrected chi connectivity index (χ1v) is 7.16. The lowest BCUT2D eigenvalue weighted by atomic mass is 10.2. The van der Waals surface area contributed by atoms with Crippen LogP contribution in [0.25, 0.3) is 0 Å². The minimum atomic E-state index is 0.409. The summed E-state index contributed by atoms with van der Waals surface area (Å²) in [6, 6.07) is 7.72. The fourth-order valence-electron chi connectivity index (χ4n) is 1.87. The maximum absolute atomic E-state index is 6.24. The molecule has 1 N–H and O–H groups in total. The summed E-state index contributed by atoms with van der Waals surface area (Å²) >= 11 is 6.24. The van der Waals surface area contributed by atoms with Crippen LogP contribution < -0.4 is 10.1 Å². The van der Waals surface area contributed by atoms with Gasteiger partial charge in [0, 0.05) is 33.4 Å². The monoisotopic (exact) mass is 309 g/mol. The van der Waals surface area contributed by atoms with Crippen molar-refractivity contribution in [2.75, 3.05) is 20.3 Å². The lowest BCUT2D eigenvalue weighted by molar-refractivity contribution is 0.199. The fraction of sp³-hybridized carbons (Fsp3) is 0.400. The van der Waals surface area contributed by atoms with Crippen molar-refractivity contribution in [2.45, 2.75) is 13.2 Å². The number of hydrogen-bond acceptors (Lipinski definition) is 4. The van der Waals surface area contributed by atoms with Crippen LogP contribution in [0.1, 0.15) is 11.3 Å². The predicted molar refractivity (Wildman–Crippen MR) is 82.6 cm³/mol. The third-order valence-corrected chi connectivity index (χ3v) is 3.25. The van der Waals surface area contributed by atoms with Gasteiger partial charge in [-0.15, -0.1) is 0 Å². The van der Waals surface area contributed by atoms with E-state index in [0.717, 1.165) is 24.3 Å². The molecular formula is C15H20ClN3O2. The van der Waals surface area contributed by atoms with Crippen molar-refractivity contribution in [3.63, 3.8) is 0 Å². The quantitative estimate of drug-likeness (QED) is 0.761. The second kappa shape index (κ2) is 8.02. The molecule has 21 heavy (non-hydrogen) atoms. The maximum atomic E-state index is 6.24. The Bertz CT molecular complexity index is 572. The van der Waals surface area contributed by atoms with Gasteiger partial charge < -0.3 is 14.8 Å². The summed E-state index contributed by atoms with van der Waals surface area (Å²) in [5.74, 6) is 0.669. The fourth-order valence-corrected chi connectivity index (χ4v) is 2.13. The van der Waals surface area contributed by atoms with Crippen molar-refractivity contribution in [3.8, 4) is 5.75 Å². The van der Waals surface area contributed by atoms with Crippen LogP contribution >= 0.6 is 11.6 Å². The van der Waals surface area contributed by atoms with Crippen LogP contribution in [0.15, 0.2) is 30.5 Å². The number of nitrogens with zero attached hydrogens (tertiary/aromatic N) is 2. The number of aromatic nitrogens is 2. The van der Waals surface area contributed by atoms with Gasteiger partial charge in [-0.2, -0.15) is 5.10 Å². The number of benzene rings is 1. The third-order valence-electron chi connectivity index (χ3n) is 2.95. The molecule has 1 aromatic carbocycles. The minimum Gasteiger partial charge on any atom is -0.486 e. The number of methoxy groups -OCH3 is 1. The molecule has 114 valence electrons. The van der Waals surface area contributed by atoms with Crippen LogP contribution in [-0.2, 0) is 24.9 Å². The molecule has 0 fully saturated rings. The first-order chi connectivity index (χ1) is 10.2. The Morgan fingerprint density at radius 1 is 1.33 bits per heavy atom. The molecule has 0 aliphatic heterocycles. The van der Waals surface area contributed by atoms with Gasteiger partial charge in [-0.25, -0.2) is 0 Å². The number of nitrogens with one attached hydrogen (secondary N) is 1. The molecule has 0 amide bonds. The number of ether oxygens (including phenoxy) is 2. The Kier molecular flexibility index (Phi) is 6.04. The standard InChI is InChI=1S/C15H20ClN3O2/c1-19-7-5-13(18-19)11-21-15-4-3-12(9-14(15)16)10-17-6-8-20-2/h3-5,7,9,17H,6,8,10-11H2,1-2H3. The van der Waals surface area contributed by atoms with Gasteiger partial charge in [-0.3, -0.25) is 4.68 Å². The van der Waals surface area contributed by atoms with E-state index in [9.17, 15) is 0 Å². The maximum Gasteiger partial charge on any atom is 0.138 e. The Hall–Kier alpha value is -1.56. The molecule has 0 saturated heterocycles. The van der Waals surface area contributed by atoms with Crippen LogP contribution in [0.5, 0.6) is 5.75 Å². The van der Waals surface area contributed by atoms with E-state index in [1.165, 1.54) is 0 Å². The highest BCUT2D eigenvalue weighted by Gasteiger charge is 2.05. The van der Waals surface area contributed by atoms with E-state index < -0.39 is 0 Å². The van der Waals surface area contributed by atoms with Gasteiger partial charge >= 0.3 is 0 Å². The van der Waals surface area contributed by atoms with Crippen LogP contribution in [0, 0.1) is 0 Å². The molecule has 0 atom stereocenters. The molecule has 0 bridgehead atoms. The number of aryl methyl sites for hydroxylation is 1. The Morgan fingerprint density at radius 2 is 2.19 bits per heavy atom. The molecule has 1 aromatic heterocycles. The highest BCUT2D eigenvalue weighted by Crippen LogP contribution is 2.26. The van der Waals surface area contributed by atoms with E-state index in [2.05, 4.69) is 10.4 Å². The van der Waals surface area contributed by atoms with Crippen LogP contribution in [0.4, 0.5) is 0 Å². The molecular weight excluding hydrogens is 290 g/mol. The molecule has 2 rings (SSSR count). The smallest absolute Gasteiger partial charge is 0.138 e. The molecule has 0 aliphatic carbocycles. The average Bonchev–Trinajstić information content (AvgIpc) is 2.88. The van der Waals surface area contributed by atoms with Gasteiger partial charge in [0.2, 0.25) is 0 Å². The summed E-state index contributed by atoms with van der Waals surface area (Å²) in [5, 5.41) is 8.14. The van der Waals surface area contributed by atoms with E-state index in [4.69, 9.17) is 21.1 Å². The largest absolute Gasteiger partial charge is 0.486 e. The average molecular weight is 310 g/mol. The third kappa shape index (κ3) is 5.04. The molecule has 6 heteroatoms. The van der Waals surface area contributed by atoms with Gasteiger partial charge in [0.1, 0.15) is 12.4 Å². The summed E-state index contributed by atoms with van der Waals surface area (Å²) in [7, 11) is 3.56. The van der Waals surface area contributed by atoms with Crippen molar-refractivity contribution in [3.05, 3.63) is 46.7 Å². The highest BCUT2D eigenvalue weighted by molar-refractivity contribution is 6.32. The second-order valence-corrected chi connectivity index (χ2v) is 5.11. The minimum absolute atomic E-state index is 0.409. The predicted octanol–water partition coefficient (Wildman–Crippen LogP) is 2.39. The molecule has 0 aliphatic rings. The van der Waals surface area contributed by atoms with E-state index in [0.29, 0.717) is 24.0 Å². The van der Waals surface area contributed by atoms with E-state index in [1.807, 2.05) is 37.5 Å². The van der Waals surface area contributed by atoms with Gasteiger partial charge in [0.15, 0.2) is 0 Å². The topological polar surface area (TPSA) is 48.3 Å². The first-order valence-electron chi connectivity index (χ1n) is 6.78. The molecule has 0 unspecified atom stereocenters. The van der Waals surface area contributed by atoms with Crippen LogP contribution in [0.2, 0.25) is 5.02 Å². The zero-order valence-corrected chi connectivity index (χ0v) is 13.1. The SMILES string of the molecule is COCCNCc1ccc(OCc2ccn(C)n2)c(Cl)c1. The Balaban J connectivity index is 1.86. The number of rotatable bonds is 8. The van der Waals surface area contributed by atoms with Crippen molar-refractivity contribution in [2.24, 2.45) is 7.05 Å². The zero-order valence-electron chi connectivity index (χ0n) is 12.3. The number of hydrogen-bond donors (Lipinski definition) is 1. The Morgan fingerprint density at radius 3 is 2.86 bits per heavy atom. The molecule has 0 radical (unpaired) electrons. The second-order valence-electron chi connectivity index (χ2n) is 4.70. The van der Waals surface area contributed by atoms with Crippen molar-refractivity contribution in [1.82, 2.24) is 15.1 Å². The molecule has 2 aromatic rings. The van der Waals surface area contributed by atoms with Gasteiger partial charge in [0.05, 0.1) is 17.3 Å². The summed E-state index contributed by atoms with van der Waals surface area (Å²) < 4.78 is 12.4. The summed E-state index contributed by atoms with van der Waals surface area (Å²) in [6.07, 6.45) is 1.88. The normalized spacial score (nSPS) is 10.8. The van der Waals surface area contributed by atoms with E-state index in [1.54, 1.807) is 11.8 Å². The van der Waals surface area contributed by atoms with Crippen molar-refractivity contribution >= 4 is 11.6 Å². The lowest BCUT2D eigenvalue weighted by Crippen LogP contribution is -2.18. The molecule has 0 saturated carbocycles. The molecule has 0 spiro atoms. The van der Waals surface area contributed by atoms with Crippen LogP contribution in [-0.4, -0.2) is 30.0 Å². The number of halogens is 1. The Labute approximate surface area is 129 Å². The summed E-state index contributed by atoms with van der Waals surface area (Å²) in [4.78, 5) is 0. The van der Waals surface area contributed by atoms with E-state index in [-0.39, 0.29) is 0 Å². The van der Waals surface area contributed by atoms with Crippen molar-refractivity contribution in [1.29, 1.82) is 0 Å². The first kappa shape index (κ1) is 15.8. The molecule has 5 nitrogen and oxygen atoms in total.